The largest absolute Gasteiger partial charge is 0.756 e. The van der Waals surface area contributed by atoms with Crippen LogP contribution >= 0.6 is 7.82 Å². The summed E-state index contributed by atoms with van der Waals surface area (Å²) in [5, 5.41) is 0. The second kappa shape index (κ2) is 33.8. The van der Waals surface area contributed by atoms with E-state index in [4.69, 9.17) is 18.5 Å². The zero-order valence-corrected chi connectivity index (χ0v) is 33.9. The van der Waals surface area contributed by atoms with Crippen LogP contribution in [0.4, 0.5) is 0 Å². The van der Waals surface area contributed by atoms with E-state index < -0.39 is 32.5 Å². The number of unbranched alkanes of at least 4 members (excludes halogenated alkanes) is 13. The van der Waals surface area contributed by atoms with Crippen molar-refractivity contribution >= 4 is 19.8 Å². The zero-order chi connectivity index (χ0) is 37.9. The van der Waals surface area contributed by atoms with Crippen LogP contribution in [0.1, 0.15) is 149 Å². The van der Waals surface area contributed by atoms with Gasteiger partial charge in [0, 0.05) is 12.8 Å². The lowest BCUT2D eigenvalue weighted by Crippen LogP contribution is -2.37. The minimum absolute atomic E-state index is 0.0382. The summed E-state index contributed by atoms with van der Waals surface area (Å²) in [6.07, 6.45) is 37.1. The molecule has 0 bridgehead atoms. The smallest absolute Gasteiger partial charge is 0.306 e. The molecule has 51 heavy (non-hydrogen) atoms. The third kappa shape index (κ3) is 37.5. The Morgan fingerprint density at radius 2 is 1.10 bits per heavy atom. The summed E-state index contributed by atoms with van der Waals surface area (Å²) in [6, 6.07) is 0. The minimum Gasteiger partial charge on any atom is -0.756 e. The van der Waals surface area contributed by atoms with Gasteiger partial charge in [-0.2, -0.15) is 0 Å². The van der Waals surface area contributed by atoms with Crippen molar-refractivity contribution in [3.05, 3.63) is 48.6 Å². The highest BCUT2D eigenvalue weighted by Crippen LogP contribution is 2.38. The Labute approximate surface area is 312 Å². The number of ether oxygens (including phenoxy) is 2. The maximum atomic E-state index is 12.6. The van der Waals surface area contributed by atoms with Crippen LogP contribution in [0.5, 0.6) is 0 Å². The standard InChI is InChI=1S/C41H74NO8P/c1-6-8-10-12-14-16-18-19-20-21-22-23-24-26-28-30-32-34-41(44)50-39(38-49-51(45,46)48-36-35-42(3,4)5)37-47-40(43)33-31-29-27-25-17-15-13-11-9-7-2/h10,12,16,18,20-21,23-24,39H,6-9,11,13-15,17,19,22,25-38H2,1-5H3/b12-10+,18-16+,21-20+,24-23+/t39-/m1/s1. The second-order valence-corrected chi connectivity index (χ2v) is 15.7. The molecule has 0 heterocycles. The van der Waals surface area contributed by atoms with E-state index in [1.165, 1.54) is 51.4 Å². The van der Waals surface area contributed by atoms with Crippen molar-refractivity contribution in [2.45, 2.75) is 155 Å². The fourth-order valence-electron chi connectivity index (χ4n) is 4.94. The van der Waals surface area contributed by atoms with Gasteiger partial charge in [-0.25, -0.2) is 0 Å². The Bertz CT molecular complexity index is 1020. The quantitative estimate of drug-likeness (QED) is 0.0208. The lowest BCUT2D eigenvalue weighted by molar-refractivity contribution is -0.870. The van der Waals surface area contributed by atoms with Crippen LogP contribution in [0.25, 0.3) is 0 Å². The van der Waals surface area contributed by atoms with Gasteiger partial charge in [0.25, 0.3) is 7.82 Å². The lowest BCUT2D eigenvalue weighted by Gasteiger charge is -2.28. The molecule has 0 fully saturated rings. The summed E-state index contributed by atoms with van der Waals surface area (Å²) in [6.45, 7) is 4.08. The third-order valence-corrected chi connectivity index (χ3v) is 9.05. The van der Waals surface area contributed by atoms with Crippen molar-refractivity contribution in [2.75, 3.05) is 47.5 Å². The Hall–Kier alpha value is -2.03. The van der Waals surface area contributed by atoms with E-state index in [-0.39, 0.29) is 26.1 Å². The van der Waals surface area contributed by atoms with E-state index in [2.05, 4.69) is 62.5 Å². The molecule has 0 saturated carbocycles. The Kier molecular flexibility index (Phi) is 32.4. The molecule has 0 radical (unpaired) electrons. The summed E-state index contributed by atoms with van der Waals surface area (Å²) in [4.78, 5) is 37.3. The predicted molar refractivity (Wildman–Crippen MR) is 208 cm³/mol. The van der Waals surface area contributed by atoms with Gasteiger partial charge in [0.15, 0.2) is 6.10 Å². The highest BCUT2D eigenvalue weighted by atomic mass is 31.2. The van der Waals surface area contributed by atoms with Crippen LogP contribution in [0, 0.1) is 0 Å². The number of likely N-dealkylation sites (N-methyl/N-ethyl adjacent to an activating group) is 1. The number of phosphoric acid groups is 1. The molecule has 0 rings (SSSR count). The van der Waals surface area contributed by atoms with Crippen molar-refractivity contribution in [2.24, 2.45) is 0 Å². The number of allylic oxidation sites excluding steroid dienone is 8. The van der Waals surface area contributed by atoms with Gasteiger partial charge in [0.05, 0.1) is 27.7 Å². The van der Waals surface area contributed by atoms with Crippen molar-refractivity contribution in [3.8, 4) is 0 Å². The number of esters is 2. The molecule has 0 spiro atoms. The molecule has 0 aromatic carbocycles. The van der Waals surface area contributed by atoms with Crippen molar-refractivity contribution in [1.82, 2.24) is 0 Å². The normalized spacial score (nSPS) is 14.2. The minimum atomic E-state index is -4.63. The van der Waals surface area contributed by atoms with Gasteiger partial charge in [-0.05, 0) is 51.4 Å². The van der Waals surface area contributed by atoms with Crippen molar-refractivity contribution < 1.29 is 42.1 Å². The first kappa shape index (κ1) is 49.0. The zero-order valence-electron chi connectivity index (χ0n) is 33.0. The van der Waals surface area contributed by atoms with E-state index in [1.54, 1.807) is 0 Å². The molecule has 0 aromatic rings. The Morgan fingerprint density at radius 3 is 1.65 bits per heavy atom. The van der Waals surface area contributed by atoms with E-state index in [1.807, 2.05) is 21.1 Å². The highest BCUT2D eigenvalue weighted by molar-refractivity contribution is 7.45. The summed E-state index contributed by atoms with van der Waals surface area (Å²) < 4.78 is 33.7. The maximum absolute atomic E-state index is 12.6. The van der Waals surface area contributed by atoms with E-state index >= 15 is 0 Å². The lowest BCUT2D eigenvalue weighted by atomic mass is 10.1. The number of carbonyl (C=O) groups is 2. The average Bonchev–Trinajstić information content (AvgIpc) is 3.07. The number of phosphoric ester groups is 1. The molecule has 0 aliphatic carbocycles. The molecule has 0 aliphatic heterocycles. The summed E-state index contributed by atoms with van der Waals surface area (Å²) >= 11 is 0. The highest BCUT2D eigenvalue weighted by Gasteiger charge is 2.21. The number of nitrogens with zero attached hydrogens (tertiary/aromatic N) is 1. The molecule has 1 unspecified atom stereocenters. The van der Waals surface area contributed by atoms with Crippen LogP contribution in [-0.2, 0) is 32.7 Å². The van der Waals surface area contributed by atoms with Crippen LogP contribution in [0.3, 0.4) is 0 Å². The predicted octanol–water partition coefficient (Wildman–Crippen LogP) is 10.1. The van der Waals surface area contributed by atoms with Gasteiger partial charge in [0.1, 0.15) is 19.8 Å². The van der Waals surface area contributed by atoms with E-state index in [9.17, 15) is 19.0 Å². The summed E-state index contributed by atoms with van der Waals surface area (Å²) in [5.41, 5.74) is 0. The monoisotopic (exact) mass is 740 g/mol. The van der Waals surface area contributed by atoms with E-state index in [0.29, 0.717) is 17.4 Å². The van der Waals surface area contributed by atoms with Gasteiger partial charge >= 0.3 is 11.9 Å². The van der Waals surface area contributed by atoms with Gasteiger partial charge in [0.2, 0.25) is 0 Å². The molecule has 2 atom stereocenters. The van der Waals surface area contributed by atoms with Gasteiger partial charge in [-0.3, -0.25) is 14.2 Å². The van der Waals surface area contributed by atoms with Gasteiger partial charge in [-0.15, -0.1) is 0 Å². The van der Waals surface area contributed by atoms with Crippen molar-refractivity contribution in [3.63, 3.8) is 0 Å². The molecule has 9 nitrogen and oxygen atoms in total. The number of hydrogen-bond donors (Lipinski definition) is 0. The number of rotatable bonds is 35. The average molecular weight is 740 g/mol. The van der Waals surface area contributed by atoms with Crippen LogP contribution in [-0.4, -0.2) is 70.0 Å². The Balaban J connectivity index is 4.48. The number of carbonyl (C=O) groups excluding carboxylic acids is 2. The fraction of sp³-hybridized carbons (Fsp3) is 0.756. The topological polar surface area (TPSA) is 111 Å². The first-order chi connectivity index (χ1) is 24.5. The fourth-order valence-corrected chi connectivity index (χ4v) is 5.67. The second-order valence-electron chi connectivity index (χ2n) is 14.3. The first-order valence-corrected chi connectivity index (χ1v) is 21.3. The Morgan fingerprint density at radius 1 is 0.608 bits per heavy atom. The molecule has 0 aromatic heterocycles. The van der Waals surface area contributed by atoms with Crippen LogP contribution < -0.4 is 4.89 Å². The SMILES string of the molecule is CCC/C=C/C/C=C/C/C=C/C/C=C/CCCCCC(=O)O[C@H](COC(=O)CCCCCCCCCCCC)COP(=O)([O-])OCC[N+](C)(C)C. The number of hydrogen-bond acceptors (Lipinski definition) is 8. The molecule has 0 aliphatic rings. The van der Waals surface area contributed by atoms with Crippen LogP contribution in [0.2, 0.25) is 0 Å². The molecule has 0 N–H and O–H groups in total. The van der Waals surface area contributed by atoms with Gasteiger partial charge in [-0.1, -0.05) is 133 Å². The molecular weight excluding hydrogens is 665 g/mol. The molecule has 296 valence electrons. The molecule has 0 amide bonds. The number of quaternary nitrogens is 1. The first-order valence-electron chi connectivity index (χ1n) is 19.8. The molecule has 0 saturated heterocycles. The summed E-state index contributed by atoms with van der Waals surface area (Å²) in [7, 11) is 1.14. The van der Waals surface area contributed by atoms with E-state index in [0.717, 1.165) is 64.2 Å². The van der Waals surface area contributed by atoms with Crippen LogP contribution in [0.15, 0.2) is 48.6 Å². The third-order valence-electron chi connectivity index (χ3n) is 8.08. The summed E-state index contributed by atoms with van der Waals surface area (Å²) in [5.74, 6) is -0.876. The molecule has 10 heteroatoms. The molecular formula is C41H74NO8P. The van der Waals surface area contributed by atoms with Crippen molar-refractivity contribution in [1.29, 1.82) is 0 Å². The maximum Gasteiger partial charge on any atom is 0.306 e. The van der Waals surface area contributed by atoms with Gasteiger partial charge < -0.3 is 27.9 Å².